The van der Waals surface area contributed by atoms with Crippen LogP contribution in [0.3, 0.4) is 0 Å². The van der Waals surface area contributed by atoms with Gasteiger partial charge in [0, 0.05) is 42.3 Å². The maximum absolute atomic E-state index is 4.97. The number of nitrogens with zero attached hydrogens (tertiary/aromatic N) is 2. The zero-order valence-corrected chi connectivity index (χ0v) is 23.3. The fourth-order valence-electron chi connectivity index (χ4n) is 4.02. The van der Waals surface area contributed by atoms with Gasteiger partial charge in [0.05, 0.1) is 17.2 Å². The molecule has 0 unspecified atom stereocenters. The fourth-order valence-corrected chi connectivity index (χ4v) is 4.67. The van der Waals surface area contributed by atoms with E-state index in [1.54, 1.807) is 11.3 Å². The van der Waals surface area contributed by atoms with Gasteiger partial charge in [0.15, 0.2) is 0 Å². The molecule has 0 atom stereocenters. The Morgan fingerprint density at radius 2 is 2.00 bits per heavy atom. The molecule has 0 aliphatic carbocycles. The number of allylic oxidation sites excluding steroid dienone is 5. The van der Waals surface area contributed by atoms with Crippen LogP contribution in [0.15, 0.2) is 90.2 Å². The van der Waals surface area contributed by atoms with Crippen LogP contribution in [-0.4, -0.2) is 22.0 Å². The summed E-state index contributed by atoms with van der Waals surface area (Å²) < 4.78 is 0. The van der Waals surface area contributed by atoms with Gasteiger partial charge >= 0.3 is 0 Å². The average Bonchev–Trinajstić information content (AvgIpc) is 3.62. The SMILES string of the molecule is C#C.C=C/C(=C\C(=C/C)c1ccc(NC)c(Cc2nc3c(-c4ccsc4)cncc3[nH]2)c1)NC(=C)C(C)C. The average molecular weight is 522 g/mol. The van der Waals surface area contributed by atoms with E-state index >= 15 is 0 Å². The number of thiophene rings is 1. The molecule has 0 saturated heterocycles. The van der Waals surface area contributed by atoms with E-state index in [1.807, 2.05) is 32.4 Å². The number of fused-ring (bicyclic) bond motifs is 1. The lowest BCUT2D eigenvalue weighted by Crippen LogP contribution is -2.14. The number of benzene rings is 1. The van der Waals surface area contributed by atoms with Crippen molar-refractivity contribution in [1.82, 2.24) is 20.3 Å². The molecule has 5 nitrogen and oxygen atoms in total. The molecule has 3 N–H and O–H groups in total. The molecule has 6 heteroatoms. The molecule has 0 aliphatic rings. The highest BCUT2D eigenvalue weighted by atomic mass is 32.1. The summed E-state index contributed by atoms with van der Waals surface area (Å²) in [5.74, 6) is 1.24. The number of aromatic nitrogens is 3. The Bertz CT molecular complexity index is 1480. The van der Waals surface area contributed by atoms with Crippen molar-refractivity contribution in [3.05, 3.63) is 107 Å². The third-order valence-electron chi connectivity index (χ3n) is 6.18. The molecule has 38 heavy (non-hydrogen) atoms. The van der Waals surface area contributed by atoms with Gasteiger partial charge in [-0.1, -0.05) is 39.1 Å². The molecule has 3 aromatic heterocycles. The lowest BCUT2D eigenvalue weighted by Gasteiger charge is -2.15. The van der Waals surface area contributed by atoms with E-state index in [-0.39, 0.29) is 0 Å². The van der Waals surface area contributed by atoms with Gasteiger partial charge in [-0.05, 0) is 76.2 Å². The largest absolute Gasteiger partial charge is 0.388 e. The smallest absolute Gasteiger partial charge is 0.111 e. The first-order chi connectivity index (χ1) is 18.4. The number of aromatic amines is 1. The van der Waals surface area contributed by atoms with Crippen molar-refractivity contribution in [2.75, 3.05) is 12.4 Å². The Morgan fingerprint density at radius 3 is 2.63 bits per heavy atom. The van der Waals surface area contributed by atoms with Gasteiger partial charge in [-0.25, -0.2) is 4.98 Å². The number of pyridine rings is 1. The van der Waals surface area contributed by atoms with E-state index in [1.165, 1.54) is 0 Å². The molecule has 0 bridgehead atoms. The summed E-state index contributed by atoms with van der Waals surface area (Å²) in [4.78, 5) is 12.9. The number of hydrogen-bond donors (Lipinski definition) is 3. The number of H-pyrrole nitrogens is 1. The van der Waals surface area contributed by atoms with Gasteiger partial charge in [0.1, 0.15) is 5.82 Å². The minimum Gasteiger partial charge on any atom is -0.388 e. The Labute approximate surface area is 230 Å². The normalized spacial score (nSPS) is 11.7. The number of hydrogen-bond acceptors (Lipinski definition) is 5. The summed E-state index contributed by atoms with van der Waals surface area (Å²) in [6.07, 6.45) is 18.4. The lowest BCUT2D eigenvalue weighted by molar-refractivity contribution is 0.710. The molecule has 3 heterocycles. The van der Waals surface area contributed by atoms with E-state index in [0.29, 0.717) is 12.3 Å². The van der Waals surface area contributed by atoms with Crippen LogP contribution in [0, 0.1) is 18.8 Å². The summed E-state index contributed by atoms with van der Waals surface area (Å²) in [6.45, 7) is 14.4. The topological polar surface area (TPSA) is 65.6 Å². The number of anilines is 1. The van der Waals surface area contributed by atoms with Crippen LogP contribution in [-0.2, 0) is 6.42 Å². The first kappa shape index (κ1) is 28.2. The van der Waals surface area contributed by atoms with Crippen molar-refractivity contribution in [3.8, 4) is 24.0 Å². The second kappa shape index (κ2) is 13.3. The van der Waals surface area contributed by atoms with Crippen molar-refractivity contribution in [2.45, 2.75) is 27.2 Å². The highest BCUT2D eigenvalue weighted by Crippen LogP contribution is 2.30. The number of rotatable bonds is 10. The fraction of sp³-hybridized carbons (Fsp3) is 0.188. The van der Waals surface area contributed by atoms with Gasteiger partial charge in [-0.3, -0.25) is 4.98 Å². The van der Waals surface area contributed by atoms with Crippen LogP contribution in [0.25, 0.3) is 27.7 Å². The van der Waals surface area contributed by atoms with Gasteiger partial charge in [-0.2, -0.15) is 11.3 Å². The molecule has 1 aromatic carbocycles. The summed E-state index contributed by atoms with van der Waals surface area (Å²) in [6, 6.07) is 8.58. The second-order valence-corrected chi connectivity index (χ2v) is 9.71. The highest BCUT2D eigenvalue weighted by Gasteiger charge is 2.13. The van der Waals surface area contributed by atoms with Gasteiger partial charge in [-0.15, -0.1) is 12.8 Å². The van der Waals surface area contributed by atoms with Crippen molar-refractivity contribution >= 4 is 33.6 Å². The maximum atomic E-state index is 4.97. The zero-order chi connectivity index (χ0) is 27.7. The van der Waals surface area contributed by atoms with Crippen LogP contribution in [0.5, 0.6) is 0 Å². The number of nitrogens with one attached hydrogen (secondary N) is 3. The van der Waals surface area contributed by atoms with Crippen LogP contribution < -0.4 is 10.6 Å². The van der Waals surface area contributed by atoms with E-state index in [2.05, 4.69) is 108 Å². The monoisotopic (exact) mass is 521 g/mol. The highest BCUT2D eigenvalue weighted by molar-refractivity contribution is 7.08. The predicted molar refractivity (Wildman–Crippen MR) is 165 cm³/mol. The van der Waals surface area contributed by atoms with E-state index < -0.39 is 0 Å². The zero-order valence-electron chi connectivity index (χ0n) is 22.5. The first-order valence-corrected chi connectivity index (χ1v) is 13.3. The Morgan fingerprint density at radius 1 is 1.21 bits per heavy atom. The Kier molecular flexibility index (Phi) is 9.86. The molecule has 0 saturated carbocycles. The molecule has 194 valence electrons. The van der Waals surface area contributed by atoms with Crippen LogP contribution in [0.4, 0.5) is 5.69 Å². The minimum absolute atomic E-state index is 0.336. The number of imidazole rings is 1. The summed E-state index contributed by atoms with van der Waals surface area (Å²) in [5.41, 5.74) is 10.4. The predicted octanol–water partition coefficient (Wildman–Crippen LogP) is 7.80. The van der Waals surface area contributed by atoms with Crippen LogP contribution in [0.2, 0.25) is 0 Å². The minimum atomic E-state index is 0.336. The molecule has 0 spiro atoms. The van der Waals surface area contributed by atoms with Crippen molar-refractivity contribution in [1.29, 1.82) is 0 Å². The molecule has 0 radical (unpaired) electrons. The van der Waals surface area contributed by atoms with E-state index in [0.717, 1.165) is 61.8 Å². The van der Waals surface area contributed by atoms with Gasteiger partial charge < -0.3 is 15.6 Å². The molecule has 4 aromatic rings. The van der Waals surface area contributed by atoms with Gasteiger partial charge in [0.2, 0.25) is 0 Å². The van der Waals surface area contributed by atoms with Crippen LogP contribution in [0.1, 0.15) is 37.7 Å². The van der Waals surface area contributed by atoms with Crippen molar-refractivity contribution in [2.24, 2.45) is 5.92 Å². The Balaban J connectivity index is 0.00000195. The van der Waals surface area contributed by atoms with Crippen LogP contribution >= 0.6 is 11.3 Å². The lowest BCUT2D eigenvalue weighted by atomic mass is 9.98. The molecular weight excluding hydrogens is 486 g/mol. The third kappa shape index (κ3) is 6.50. The van der Waals surface area contributed by atoms with Gasteiger partial charge in [0.25, 0.3) is 0 Å². The van der Waals surface area contributed by atoms with Crippen molar-refractivity contribution in [3.63, 3.8) is 0 Å². The quantitative estimate of drug-likeness (QED) is 0.147. The maximum Gasteiger partial charge on any atom is 0.111 e. The molecule has 0 amide bonds. The summed E-state index contributed by atoms with van der Waals surface area (Å²) in [7, 11) is 1.95. The molecule has 0 aliphatic heterocycles. The van der Waals surface area contributed by atoms with E-state index in [4.69, 9.17) is 4.98 Å². The van der Waals surface area contributed by atoms with E-state index in [9.17, 15) is 0 Å². The molecule has 0 fully saturated rings. The number of terminal acetylenes is 1. The second-order valence-electron chi connectivity index (χ2n) is 8.93. The standard InChI is InChI=1S/C30H33N5S.C2H2/c1-7-21(14-25(8-2)33-20(5)19(3)4)22-9-10-27(31-6)24(13-22)15-29-34-28-17-32-16-26(30(28)35-29)23-11-12-36-18-23;1-2/h7-14,16-19,31,33H,2,5,15H2,1,3-4,6H3,(H,34,35);1-2H/b21-7+,25-14+;. The summed E-state index contributed by atoms with van der Waals surface area (Å²) >= 11 is 1.67. The molecular formula is C32H35N5S. The molecule has 4 rings (SSSR count). The first-order valence-electron chi connectivity index (χ1n) is 12.4. The van der Waals surface area contributed by atoms with Crippen molar-refractivity contribution < 1.29 is 0 Å². The summed E-state index contributed by atoms with van der Waals surface area (Å²) in [5, 5.41) is 10.9. The third-order valence-corrected chi connectivity index (χ3v) is 6.87. The Hall–Kier alpha value is -4.34.